The fourth-order valence-electron chi connectivity index (χ4n) is 1.46. The third kappa shape index (κ3) is 3.99. The minimum atomic E-state index is -4.21. The van der Waals surface area contributed by atoms with Gasteiger partial charge in [0.1, 0.15) is 19.0 Å². The summed E-state index contributed by atoms with van der Waals surface area (Å²) in [7, 11) is 0. The number of alkyl halides is 4. The van der Waals surface area contributed by atoms with Crippen LogP contribution in [0.5, 0.6) is 0 Å². The molecule has 2 rings (SSSR count). The van der Waals surface area contributed by atoms with Crippen molar-refractivity contribution in [2.45, 2.75) is 38.2 Å². The topological polar surface area (TPSA) is 65.2 Å². The lowest BCUT2D eigenvalue weighted by Crippen LogP contribution is -2.32. The molecule has 1 aliphatic rings. The van der Waals surface area contributed by atoms with E-state index in [0.717, 1.165) is 12.8 Å². The SMILES string of the molecule is O=C(Cc1nc(COCC(F)(F)C(F)F)no1)C1CC1. The predicted octanol–water partition coefficient (Wildman–Crippen LogP) is 2.01. The molecule has 0 amide bonds. The number of carbonyl (C=O) groups excluding carboxylic acids is 1. The second-order valence-corrected chi connectivity index (χ2v) is 4.58. The van der Waals surface area contributed by atoms with E-state index >= 15 is 0 Å². The molecule has 0 unspecified atom stereocenters. The van der Waals surface area contributed by atoms with Crippen molar-refractivity contribution in [2.75, 3.05) is 6.61 Å². The highest BCUT2D eigenvalue weighted by Crippen LogP contribution is 2.30. The minimum Gasteiger partial charge on any atom is -0.367 e. The Hall–Kier alpha value is -1.51. The molecule has 0 bridgehead atoms. The van der Waals surface area contributed by atoms with E-state index in [9.17, 15) is 22.4 Å². The fraction of sp³-hybridized carbons (Fsp3) is 0.727. The Balaban J connectivity index is 1.76. The Morgan fingerprint density at radius 1 is 1.45 bits per heavy atom. The largest absolute Gasteiger partial charge is 0.367 e. The Labute approximate surface area is 111 Å². The van der Waals surface area contributed by atoms with Crippen molar-refractivity contribution in [3.63, 3.8) is 0 Å². The number of nitrogens with zero attached hydrogens (tertiary/aromatic N) is 2. The molecule has 1 aliphatic carbocycles. The van der Waals surface area contributed by atoms with Crippen LogP contribution in [0.25, 0.3) is 0 Å². The zero-order valence-corrected chi connectivity index (χ0v) is 10.3. The zero-order chi connectivity index (χ0) is 14.8. The molecule has 0 atom stereocenters. The molecule has 9 heteroatoms. The van der Waals surface area contributed by atoms with Gasteiger partial charge in [0.05, 0.1) is 6.42 Å². The summed E-state index contributed by atoms with van der Waals surface area (Å²) in [6, 6.07) is 0. The summed E-state index contributed by atoms with van der Waals surface area (Å²) < 4.78 is 57.9. The van der Waals surface area contributed by atoms with E-state index in [2.05, 4.69) is 14.9 Å². The van der Waals surface area contributed by atoms with Crippen LogP contribution < -0.4 is 0 Å². The van der Waals surface area contributed by atoms with Crippen LogP contribution in [0.1, 0.15) is 24.6 Å². The van der Waals surface area contributed by atoms with Crippen LogP contribution in [0.15, 0.2) is 4.52 Å². The highest BCUT2D eigenvalue weighted by Gasteiger charge is 2.41. The molecule has 1 saturated carbocycles. The first-order valence-electron chi connectivity index (χ1n) is 5.96. The van der Waals surface area contributed by atoms with Crippen molar-refractivity contribution < 1.29 is 31.6 Å². The Bertz CT molecular complexity index is 474. The molecule has 20 heavy (non-hydrogen) atoms. The molecule has 1 aromatic rings. The lowest BCUT2D eigenvalue weighted by molar-refractivity contribution is -0.168. The maximum absolute atomic E-state index is 12.5. The Morgan fingerprint density at radius 3 is 2.75 bits per heavy atom. The van der Waals surface area contributed by atoms with Crippen LogP contribution in [0.3, 0.4) is 0 Å². The summed E-state index contributed by atoms with van der Waals surface area (Å²) in [5, 5.41) is 3.42. The minimum absolute atomic E-state index is 0.00893. The number of aromatic nitrogens is 2. The molecule has 5 nitrogen and oxygen atoms in total. The maximum atomic E-state index is 12.5. The highest BCUT2D eigenvalue weighted by atomic mass is 19.3. The average Bonchev–Trinajstić information content (AvgIpc) is 3.12. The van der Waals surface area contributed by atoms with Crippen LogP contribution in [0, 0.1) is 5.92 Å². The Morgan fingerprint density at radius 2 is 2.15 bits per heavy atom. The van der Waals surface area contributed by atoms with Crippen molar-refractivity contribution in [1.82, 2.24) is 10.1 Å². The summed E-state index contributed by atoms with van der Waals surface area (Å²) in [6.07, 6.45) is -2.10. The number of hydrogen-bond acceptors (Lipinski definition) is 5. The number of ether oxygens (including phenoxy) is 1. The molecule has 1 fully saturated rings. The average molecular weight is 296 g/mol. The Kier molecular flexibility index (Phi) is 4.36. The first-order valence-corrected chi connectivity index (χ1v) is 5.96. The standard InChI is InChI=1S/C11H12F4N2O3/c12-10(13)11(14,15)5-19-4-8-16-9(20-17-8)3-7(18)6-1-2-6/h6,10H,1-5H2. The fourth-order valence-corrected chi connectivity index (χ4v) is 1.46. The number of ketones is 1. The van der Waals surface area contributed by atoms with E-state index < -0.39 is 25.6 Å². The van der Waals surface area contributed by atoms with Gasteiger partial charge >= 0.3 is 12.3 Å². The quantitative estimate of drug-likeness (QED) is 0.687. The van der Waals surface area contributed by atoms with Gasteiger partial charge < -0.3 is 9.26 Å². The number of halogens is 4. The molecule has 1 aromatic heterocycles. The molecule has 0 radical (unpaired) electrons. The van der Waals surface area contributed by atoms with Gasteiger partial charge in [-0.1, -0.05) is 5.16 Å². The van der Waals surface area contributed by atoms with Crippen LogP contribution in [-0.2, 0) is 22.6 Å². The van der Waals surface area contributed by atoms with Gasteiger partial charge in [0.15, 0.2) is 5.82 Å². The normalized spacial score (nSPS) is 15.8. The predicted molar refractivity (Wildman–Crippen MR) is 56.3 cm³/mol. The lowest BCUT2D eigenvalue weighted by Gasteiger charge is -2.14. The molecule has 0 aliphatic heterocycles. The van der Waals surface area contributed by atoms with Crippen molar-refractivity contribution in [3.8, 4) is 0 Å². The van der Waals surface area contributed by atoms with Gasteiger partial charge in [0.2, 0.25) is 5.89 Å². The summed E-state index contributed by atoms with van der Waals surface area (Å²) in [4.78, 5) is 15.2. The number of rotatable bonds is 8. The third-order valence-corrected chi connectivity index (χ3v) is 2.71. The van der Waals surface area contributed by atoms with Crippen molar-refractivity contribution >= 4 is 5.78 Å². The van der Waals surface area contributed by atoms with Gasteiger partial charge in [-0.15, -0.1) is 0 Å². The summed E-state index contributed by atoms with van der Waals surface area (Å²) in [6.45, 7) is -1.92. The lowest BCUT2D eigenvalue weighted by atomic mass is 10.2. The number of Topliss-reactive ketones (excluding diaryl/α,β-unsaturated/α-hetero) is 1. The van der Waals surface area contributed by atoms with E-state index in [-0.39, 0.29) is 29.8 Å². The van der Waals surface area contributed by atoms with Crippen LogP contribution in [0.2, 0.25) is 0 Å². The van der Waals surface area contributed by atoms with Crippen molar-refractivity contribution in [2.24, 2.45) is 5.92 Å². The van der Waals surface area contributed by atoms with Crippen LogP contribution in [0.4, 0.5) is 17.6 Å². The van der Waals surface area contributed by atoms with Gasteiger partial charge in [0, 0.05) is 5.92 Å². The third-order valence-electron chi connectivity index (χ3n) is 2.71. The van der Waals surface area contributed by atoms with Crippen molar-refractivity contribution in [1.29, 1.82) is 0 Å². The van der Waals surface area contributed by atoms with E-state index in [1.54, 1.807) is 0 Å². The smallest absolute Gasteiger partial charge is 0.330 e. The second kappa shape index (κ2) is 5.86. The summed E-state index contributed by atoms with van der Waals surface area (Å²) in [5.74, 6) is -4.17. The van der Waals surface area contributed by atoms with Crippen LogP contribution >= 0.6 is 0 Å². The van der Waals surface area contributed by atoms with E-state index in [1.807, 2.05) is 0 Å². The number of hydrogen-bond donors (Lipinski definition) is 0. The maximum Gasteiger partial charge on any atom is 0.330 e. The second-order valence-electron chi connectivity index (χ2n) is 4.58. The van der Waals surface area contributed by atoms with E-state index in [4.69, 9.17) is 4.52 Å². The zero-order valence-electron chi connectivity index (χ0n) is 10.3. The molecular formula is C11H12F4N2O3. The summed E-state index contributed by atoms with van der Waals surface area (Å²) >= 11 is 0. The first kappa shape index (κ1) is 14.9. The molecule has 0 aromatic carbocycles. The first-order chi connectivity index (χ1) is 9.38. The highest BCUT2D eigenvalue weighted by molar-refractivity contribution is 5.84. The van der Waals surface area contributed by atoms with Gasteiger partial charge in [-0.05, 0) is 12.8 Å². The summed E-state index contributed by atoms with van der Waals surface area (Å²) in [5.41, 5.74) is 0. The van der Waals surface area contributed by atoms with Crippen molar-refractivity contribution in [3.05, 3.63) is 11.7 Å². The molecular weight excluding hydrogens is 284 g/mol. The van der Waals surface area contributed by atoms with Gasteiger partial charge in [0.25, 0.3) is 0 Å². The molecule has 0 N–H and O–H groups in total. The number of carbonyl (C=O) groups is 1. The molecule has 0 saturated heterocycles. The van der Waals surface area contributed by atoms with E-state index in [1.165, 1.54) is 0 Å². The van der Waals surface area contributed by atoms with Gasteiger partial charge in [-0.3, -0.25) is 4.79 Å². The van der Waals surface area contributed by atoms with Crippen LogP contribution in [-0.4, -0.2) is 34.9 Å². The molecule has 0 spiro atoms. The monoisotopic (exact) mass is 296 g/mol. The van der Waals surface area contributed by atoms with Gasteiger partial charge in [-0.2, -0.15) is 13.8 Å². The molecule has 1 heterocycles. The molecule has 112 valence electrons. The van der Waals surface area contributed by atoms with E-state index in [0.29, 0.717) is 0 Å². The van der Waals surface area contributed by atoms with Gasteiger partial charge in [-0.25, -0.2) is 8.78 Å².